The van der Waals surface area contributed by atoms with E-state index in [0.29, 0.717) is 24.7 Å². The van der Waals surface area contributed by atoms with Crippen LogP contribution in [0, 0.1) is 6.92 Å². The van der Waals surface area contributed by atoms with Crippen molar-refractivity contribution in [2.75, 3.05) is 11.9 Å². The number of nitrogens with one attached hydrogen (secondary N) is 2. The average Bonchev–Trinajstić information content (AvgIpc) is 3.04. The van der Waals surface area contributed by atoms with Gasteiger partial charge in [-0.05, 0) is 25.0 Å². The minimum Gasteiger partial charge on any atom is -0.385 e. The molecule has 0 unspecified atom stereocenters. The molecule has 24 heavy (non-hydrogen) atoms. The first-order valence-electron chi connectivity index (χ1n) is 8.59. The Morgan fingerprint density at radius 2 is 1.96 bits per heavy atom. The quantitative estimate of drug-likeness (QED) is 0.851. The fourth-order valence-electron chi connectivity index (χ4n) is 3.26. The third kappa shape index (κ3) is 3.93. The van der Waals surface area contributed by atoms with Crippen LogP contribution in [0.2, 0.25) is 0 Å². The summed E-state index contributed by atoms with van der Waals surface area (Å²) in [5, 5.41) is 10.5. The number of anilines is 1. The van der Waals surface area contributed by atoms with Gasteiger partial charge in [-0.2, -0.15) is 4.98 Å². The van der Waals surface area contributed by atoms with Crippen molar-refractivity contribution >= 4 is 11.6 Å². The maximum atomic E-state index is 12.4. The van der Waals surface area contributed by atoms with Crippen molar-refractivity contribution in [2.45, 2.75) is 51.0 Å². The van der Waals surface area contributed by atoms with Gasteiger partial charge >= 0.3 is 0 Å². The van der Waals surface area contributed by atoms with Gasteiger partial charge in [0.25, 0.3) is 0 Å². The van der Waals surface area contributed by atoms with E-state index in [4.69, 9.17) is 4.52 Å². The lowest BCUT2D eigenvalue weighted by Crippen LogP contribution is -2.48. The third-order valence-corrected chi connectivity index (χ3v) is 4.50. The molecule has 1 aromatic heterocycles. The summed E-state index contributed by atoms with van der Waals surface area (Å²) in [5.74, 6) is 1.17. The molecule has 0 spiro atoms. The lowest BCUT2D eigenvalue weighted by atomic mass is 9.81. The normalized spacial score (nSPS) is 16.5. The minimum absolute atomic E-state index is 0.0165. The van der Waals surface area contributed by atoms with Crippen LogP contribution in [0.5, 0.6) is 0 Å². The fraction of sp³-hybridized carbons (Fsp3) is 0.500. The largest absolute Gasteiger partial charge is 0.385 e. The molecule has 0 aliphatic heterocycles. The molecule has 1 saturated carbocycles. The third-order valence-electron chi connectivity index (χ3n) is 4.50. The summed E-state index contributed by atoms with van der Waals surface area (Å²) in [6, 6.07) is 9.89. The summed E-state index contributed by atoms with van der Waals surface area (Å²) < 4.78 is 5.14. The Balaban J connectivity index is 1.59. The molecule has 1 fully saturated rings. The van der Waals surface area contributed by atoms with Crippen molar-refractivity contribution in [3.8, 4) is 0 Å². The number of rotatable bonds is 6. The molecular weight excluding hydrogens is 304 g/mol. The van der Waals surface area contributed by atoms with Gasteiger partial charge in [0.15, 0.2) is 5.82 Å². The second-order valence-corrected chi connectivity index (χ2v) is 6.37. The predicted octanol–water partition coefficient (Wildman–Crippen LogP) is 3.16. The first kappa shape index (κ1) is 16.5. The van der Waals surface area contributed by atoms with E-state index in [9.17, 15) is 4.79 Å². The molecular formula is C18H24N4O2. The number of aromatic nitrogens is 2. The monoisotopic (exact) mass is 328 g/mol. The maximum absolute atomic E-state index is 12.4. The Hall–Kier alpha value is -2.37. The number of para-hydroxylation sites is 1. The van der Waals surface area contributed by atoms with Crippen LogP contribution < -0.4 is 10.6 Å². The lowest BCUT2D eigenvalue weighted by molar-refractivity contribution is -0.123. The summed E-state index contributed by atoms with van der Waals surface area (Å²) in [7, 11) is 0. The van der Waals surface area contributed by atoms with Crippen LogP contribution in [-0.2, 0) is 10.3 Å². The summed E-state index contributed by atoms with van der Waals surface area (Å²) in [5.41, 5.74) is 0.548. The molecule has 0 radical (unpaired) electrons. The molecule has 3 rings (SSSR count). The van der Waals surface area contributed by atoms with E-state index in [0.717, 1.165) is 31.4 Å². The van der Waals surface area contributed by atoms with Crippen molar-refractivity contribution < 1.29 is 9.32 Å². The smallest absolute Gasteiger partial charge is 0.223 e. The van der Waals surface area contributed by atoms with Crippen molar-refractivity contribution in [3.63, 3.8) is 0 Å². The van der Waals surface area contributed by atoms with Crippen molar-refractivity contribution in [1.82, 2.24) is 15.5 Å². The highest BCUT2D eigenvalue weighted by Crippen LogP contribution is 2.35. The van der Waals surface area contributed by atoms with Crippen molar-refractivity contribution in [2.24, 2.45) is 0 Å². The van der Waals surface area contributed by atoms with E-state index >= 15 is 0 Å². The number of carbonyl (C=O) groups excluding carboxylic acids is 1. The first-order chi connectivity index (χ1) is 11.7. The second kappa shape index (κ2) is 7.47. The SMILES string of the molecule is Cc1nc(C2(NC(=O)CCNc3ccccc3)CCCCC2)no1. The molecule has 1 aromatic carbocycles. The van der Waals surface area contributed by atoms with Crippen LogP contribution >= 0.6 is 0 Å². The van der Waals surface area contributed by atoms with E-state index in [1.165, 1.54) is 6.42 Å². The maximum Gasteiger partial charge on any atom is 0.223 e. The molecule has 1 amide bonds. The highest BCUT2D eigenvalue weighted by atomic mass is 16.5. The second-order valence-electron chi connectivity index (χ2n) is 6.37. The standard InChI is InChI=1S/C18H24N4O2/c1-14-20-17(22-24-14)18(11-6-3-7-12-18)21-16(23)10-13-19-15-8-4-2-5-9-15/h2,4-5,8-9,19H,3,6-7,10-13H2,1H3,(H,21,23). The number of benzene rings is 1. The van der Waals surface area contributed by atoms with Gasteiger partial charge in [-0.25, -0.2) is 0 Å². The Morgan fingerprint density at radius 3 is 2.62 bits per heavy atom. The molecule has 2 N–H and O–H groups in total. The summed E-state index contributed by atoms with van der Waals surface area (Å²) in [6.45, 7) is 2.37. The Kier molecular flexibility index (Phi) is 5.13. The van der Waals surface area contributed by atoms with E-state index in [1.807, 2.05) is 30.3 Å². The van der Waals surface area contributed by atoms with Gasteiger partial charge in [0.1, 0.15) is 5.54 Å². The van der Waals surface area contributed by atoms with E-state index in [2.05, 4.69) is 20.8 Å². The molecule has 6 heteroatoms. The lowest BCUT2D eigenvalue weighted by Gasteiger charge is -2.35. The first-order valence-corrected chi connectivity index (χ1v) is 8.59. The topological polar surface area (TPSA) is 80.0 Å². The van der Waals surface area contributed by atoms with Crippen LogP contribution in [0.1, 0.15) is 50.2 Å². The van der Waals surface area contributed by atoms with Gasteiger partial charge in [0, 0.05) is 25.6 Å². The number of aryl methyl sites for hydroxylation is 1. The van der Waals surface area contributed by atoms with Gasteiger partial charge in [0.05, 0.1) is 0 Å². The molecule has 0 saturated heterocycles. The molecule has 1 aliphatic rings. The average molecular weight is 328 g/mol. The molecule has 128 valence electrons. The molecule has 1 heterocycles. The summed E-state index contributed by atoms with van der Waals surface area (Å²) in [4.78, 5) is 16.8. The highest BCUT2D eigenvalue weighted by molar-refractivity contribution is 5.77. The fourth-order valence-corrected chi connectivity index (χ4v) is 3.26. The van der Waals surface area contributed by atoms with Crippen molar-refractivity contribution in [3.05, 3.63) is 42.0 Å². The minimum atomic E-state index is -0.472. The molecule has 1 aliphatic carbocycles. The molecule has 2 aromatic rings. The Labute approximate surface area is 142 Å². The van der Waals surface area contributed by atoms with Crippen LogP contribution in [0.15, 0.2) is 34.9 Å². The molecule has 6 nitrogen and oxygen atoms in total. The van der Waals surface area contributed by atoms with Gasteiger partial charge in [-0.3, -0.25) is 4.79 Å². The van der Waals surface area contributed by atoms with Gasteiger partial charge in [-0.1, -0.05) is 42.6 Å². The van der Waals surface area contributed by atoms with E-state index in [1.54, 1.807) is 6.92 Å². The molecule has 0 atom stereocenters. The van der Waals surface area contributed by atoms with E-state index < -0.39 is 5.54 Å². The zero-order chi connectivity index (χ0) is 16.8. The molecule has 0 bridgehead atoms. The highest BCUT2D eigenvalue weighted by Gasteiger charge is 2.39. The number of nitrogens with zero attached hydrogens (tertiary/aromatic N) is 2. The van der Waals surface area contributed by atoms with Gasteiger partial charge in [-0.15, -0.1) is 0 Å². The van der Waals surface area contributed by atoms with Crippen LogP contribution in [0.25, 0.3) is 0 Å². The zero-order valence-corrected chi connectivity index (χ0v) is 14.0. The number of amides is 1. The summed E-state index contributed by atoms with van der Waals surface area (Å²) in [6.07, 6.45) is 5.46. The van der Waals surface area contributed by atoms with Gasteiger partial charge < -0.3 is 15.2 Å². The summed E-state index contributed by atoms with van der Waals surface area (Å²) >= 11 is 0. The zero-order valence-electron chi connectivity index (χ0n) is 14.0. The number of carbonyl (C=O) groups is 1. The van der Waals surface area contributed by atoms with Gasteiger partial charge in [0.2, 0.25) is 11.8 Å². The number of hydrogen-bond acceptors (Lipinski definition) is 5. The van der Waals surface area contributed by atoms with E-state index in [-0.39, 0.29) is 5.91 Å². The van der Waals surface area contributed by atoms with Crippen LogP contribution in [-0.4, -0.2) is 22.6 Å². The van der Waals surface area contributed by atoms with Crippen molar-refractivity contribution in [1.29, 1.82) is 0 Å². The van der Waals surface area contributed by atoms with Crippen LogP contribution in [0.4, 0.5) is 5.69 Å². The Morgan fingerprint density at radius 1 is 1.21 bits per heavy atom. The van der Waals surface area contributed by atoms with Crippen LogP contribution in [0.3, 0.4) is 0 Å². The Bertz CT molecular complexity index is 663. The predicted molar refractivity (Wildman–Crippen MR) is 91.5 cm³/mol. The number of hydrogen-bond donors (Lipinski definition) is 2.